The van der Waals surface area contributed by atoms with Crippen LogP contribution in [0.15, 0.2) is 18.3 Å². The molecular weight excluding hydrogens is 522 g/mol. The van der Waals surface area contributed by atoms with Gasteiger partial charge < -0.3 is 24.6 Å². The van der Waals surface area contributed by atoms with E-state index in [9.17, 15) is 41.4 Å². The first-order chi connectivity index (χ1) is 16.9. The molecule has 1 saturated heterocycles. The van der Waals surface area contributed by atoms with E-state index in [0.29, 0.717) is 17.0 Å². The SMILES string of the molecule is CO[C@@H]1[C@@H](n2cc(-c3cc(F)c(F)c(F)c3)nn2)[C@@H](O)[C@@H](CO)O[C@H]1SCC(=O)N(C)CC(F)(F)F. The van der Waals surface area contributed by atoms with Crippen LogP contribution >= 0.6 is 11.8 Å². The lowest BCUT2D eigenvalue weighted by molar-refractivity contribution is -0.186. The van der Waals surface area contributed by atoms with Crippen molar-refractivity contribution in [3.05, 3.63) is 35.8 Å². The van der Waals surface area contributed by atoms with Gasteiger partial charge in [-0.1, -0.05) is 5.21 Å². The molecule has 36 heavy (non-hydrogen) atoms. The van der Waals surface area contributed by atoms with E-state index in [-0.39, 0.29) is 11.3 Å². The number of amides is 1. The average Bonchev–Trinajstić information content (AvgIpc) is 3.29. The number of benzene rings is 1. The lowest BCUT2D eigenvalue weighted by atomic mass is 9.97. The van der Waals surface area contributed by atoms with Gasteiger partial charge in [0.05, 0.1) is 18.6 Å². The highest BCUT2D eigenvalue weighted by molar-refractivity contribution is 8.00. The van der Waals surface area contributed by atoms with Crippen LogP contribution in [0.2, 0.25) is 0 Å². The standard InChI is InChI=1S/C20H22F6N4O5S/c1-29(8-20(24,25)26)14(32)7-36-19-18(34-2)16(17(33)13(6-31)35-19)30-5-12(27-28-30)9-3-10(21)15(23)11(22)4-9/h3-5,13,16-19,31,33H,6-8H2,1-2H3/t13-,16+,17+,18-,19+/m1/s1. The van der Waals surface area contributed by atoms with Gasteiger partial charge in [0.2, 0.25) is 5.91 Å². The molecule has 5 atom stereocenters. The molecule has 1 amide bonds. The Balaban J connectivity index is 1.83. The second-order valence-corrected chi connectivity index (χ2v) is 9.01. The van der Waals surface area contributed by atoms with Gasteiger partial charge in [-0.3, -0.25) is 4.79 Å². The number of nitrogens with zero attached hydrogens (tertiary/aromatic N) is 4. The number of hydrogen-bond donors (Lipinski definition) is 2. The van der Waals surface area contributed by atoms with Crippen LogP contribution in [-0.2, 0) is 14.3 Å². The van der Waals surface area contributed by atoms with E-state index in [1.54, 1.807) is 0 Å². The molecule has 1 fully saturated rings. The van der Waals surface area contributed by atoms with E-state index in [2.05, 4.69) is 10.3 Å². The summed E-state index contributed by atoms with van der Waals surface area (Å²) in [5.41, 5.74) is -1.26. The molecule has 200 valence electrons. The van der Waals surface area contributed by atoms with Crippen LogP contribution in [0.5, 0.6) is 0 Å². The van der Waals surface area contributed by atoms with Crippen molar-refractivity contribution in [3.63, 3.8) is 0 Å². The highest BCUT2D eigenvalue weighted by Crippen LogP contribution is 2.37. The molecule has 1 aromatic heterocycles. The van der Waals surface area contributed by atoms with E-state index in [1.807, 2.05) is 0 Å². The number of thioether (sulfide) groups is 1. The lowest BCUT2D eigenvalue weighted by Gasteiger charge is -2.43. The van der Waals surface area contributed by atoms with E-state index in [1.165, 1.54) is 13.3 Å². The predicted molar refractivity (Wildman–Crippen MR) is 113 cm³/mol. The molecule has 0 spiro atoms. The molecule has 1 aliphatic rings. The van der Waals surface area contributed by atoms with Gasteiger partial charge in [-0.25, -0.2) is 17.9 Å². The number of aromatic nitrogens is 3. The Kier molecular flexibility index (Phi) is 8.87. The van der Waals surface area contributed by atoms with Crippen molar-refractivity contribution in [1.82, 2.24) is 19.9 Å². The van der Waals surface area contributed by atoms with Crippen LogP contribution in [0.1, 0.15) is 6.04 Å². The smallest absolute Gasteiger partial charge is 0.394 e. The van der Waals surface area contributed by atoms with E-state index >= 15 is 0 Å². The Morgan fingerprint density at radius 2 is 1.92 bits per heavy atom. The summed E-state index contributed by atoms with van der Waals surface area (Å²) in [6, 6.07) is 0.316. The monoisotopic (exact) mass is 544 g/mol. The molecule has 0 aliphatic carbocycles. The van der Waals surface area contributed by atoms with Crippen molar-refractivity contribution in [1.29, 1.82) is 0 Å². The first-order valence-corrected chi connectivity index (χ1v) is 11.4. The van der Waals surface area contributed by atoms with Gasteiger partial charge in [-0.05, 0) is 12.1 Å². The molecule has 0 saturated carbocycles. The van der Waals surface area contributed by atoms with Crippen LogP contribution in [0.25, 0.3) is 11.3 Å². The fourth-order valence-corrected chi connectivity index (χ4v) is 4.84. The summed E-state index contributed by atoms with van der Waals surface area (Å²) < 4.78 is 90.4. The van der Waals surface area contributed by atoms with Crippen molar-refractivity contribution in [2.75, 3.05) is 33.1 Å². The second-order valence-electron chi connectivity index (χ2n) is 7.92. The Bertz CT molecular complexity index is 1050. The predicted octanol–water partition coefficient (Wildman–Crippen LogP) is 1.75. The minimum absolute atomic E-state index is 0.0740. The zero-order chi connectivity index (χ0) is 26.8. The van der Waals surface area contributed by atoms with E-state index in [4.69, 9.17) is 9.47 Å². The maximum Gasteiger partial charge on any atom is 0.406 e. The zero-order valence-corrected chi connectivity index (χ0v) is 19.6. The first-order valence-electron chi connectivity index (χ1n) is 10.3. The van der Waals surface area contributed by atoms with Crippen molar-refractivity contribution in [2.24, 2.45) is 0 Å². The number of alkyl halides is 3. The largest absolute Gasteiger partial charge is 0.406 e. The summed E-state index contributed by atoms with van der Waals surface area (Å²) in [6.07, 6.45) is -7.06. The summed E-state index contributed by atoms with van der Waals surface area (Å²) in [4.78, 5) is 12.7. The lowest BCUT2D eigenvalue weighted by Crippen LogP contribution is -2.55. The molecule has 16 heteroatoms. The quantitative estimate of drug-likeness (QED) is 0.382. The summed E-state index contributed by atoms with van der Waals surface area (Å²) in [5.74, 6) is -5.84. The zero-order valence-electron chi connectivity index (χ0n) is 18.8. The highest BCUT2D eigenvalue weighted by atomic mass is 32.2. The van der Waals surface area contributed by atoms with Gasteiger partial charge in [0.15, 0.2) is 17.5 Å². The number of ether oxygens (including phenoxy) is 2. The van der Waals surface area contributed by atoms with Gasteiger partial charge >= 0.3 is 6.18 Å². The third-order valence-electron chi connectivity index (χ3n) is 5.41. The molecule has 0 unspecified atom stereocenters. The summed E-state index contributed by atoms with van der Waals surface area (Å²) in [6.45, 7) is -2.11. The highest BCUT2D eigenvalue weighted by Gasteiger charge is 2.47. The number of carbonyl (C=O) groups excluding carboxylic acids is 1. The minimum Gasteiger partial charge on any atom is -0.394 e. The van der Waals surface area contributed by atoms with Crippen LogP contribution in [0, 0.1) is 17.5 Å². The van der Waals surface area contributed by atoms with Gasteiger partial charge in [0.25, 0.3) is 0 Å². The molecule has 0 bridgehead atoms. The topological polar surface area (TPSA) is 110 Å². The third-order valence-corrected chi connectivity index (χ3v) is 6.53. The van der Waals surface area contributed by atoms with Crippen molar-refractivity contribution in [2.45, 2.75) is 36.0 Å². The minimum atomic E-state index is -4.58. The Morgan fingerprint density at radius 3 is 2.47 bits per heavy atom. The molecule has 2 aromatic rings. The molecule has 1 aliphatic heterocycles. The van der Waals surface area contributed by atoms with E-state index < -0.39 is 78.2 Å². The Morgan fingerprint density at radius 1 is 1.28 bits per heavy atom. The Labute approximate surface area is 205 Å². The number of aliphatic hydroxyl groups is 2. The van der Waals surface area contributed by atoms with Crippen LogP contribution in [-0.4, -0.2) is 99.0 Å². The number of hydrogen-bond acceptors (Lipinski definition) is 8. The molecule has 1 aromatic carbocycles. The fourth-order valence-electron chi connectivity index (χ4n) is 3.63. The van der Waals surface area contributed by atoms with Gasteiger partial charge in [0, 0.05) is 19.7 Å². The number of methoxy groups -OCH3 is 1. The maximum atomic E-state index is 13.6. The van der Waals surface area contributed by atoms with Gasteiger partial charge in [-0.15, -0.1) is 16.9 Å². The number of carbonyl (C=O) groups is 1. The number of halogens is 6. The second kappa shape index (κ2) is 11.3. The summed E-state index contributed by atoms with van der Waals surface area (Å²) >= 11 is 0.790. The summed E-state index contributed by atoms with van der Waals surface area (Å²) in [5, 5.41) is 28.1. The molecule has 2 N–H and O–H groups in total. The fraction of sp³-hybridized carbons (Fsp3) is 0.550. The van der Waals surface area contributed by atoms with E-state index in [0.717, 1.165) is 23.5 Å². The molecule has 2 heterocycles. The van der Waals surface area contributed by atoms with Crippen molar-refractivity contribution in [3.8, 4) is 11.3 Å². The van der Waals surface area contributed by atoms with Crippen molar-refractivity contribution >= 4 is 17.7 Å². The Hall–Kier alpha value is -2.40. The van der Waals surface area contributed by atoms with Crippen molar-refractivity contribution < 1.29 is 50.8 Å². The van der Waals surface area contributed by atoms with Gasteiger partial charge in [-0.2, -0.15) is 13.2 Å². The normalized spacial score (nSPS) is 24.7. The number of aliphatic hydroxyl groups excluding tert-OH is 2. The maximum absolute atomic E-state index is 13.6. The molecular formula is C20H22F6N4O5S. The first kappa shape index (κ1) is 28.2. The molecule has 0 radical (unpaired) electrons. The van der Waals surface area contributed by atoms with Crippen LogP contribution < -0.4 is 0 Å². The molecule has 3 rings (SSSR count). The molecule has 9 nitrogen and oxygen atoms in total. The summed E-state index contributed by atoms with van der Waals surface area (Å²) in [7, 11) is 2.24. The van der Waals surface area contributed by atoms with Crippen LogP contribution in [0.4, 0.5) is 26.3 Å². The van der Waals surface area contributed by atoms with Crippen LogP contribution in [0.3, 0.4) is 0 Å². The third kappa shape index (κ3) is 6.29. The van der Waals surface area contributed by atoms with Gasteiger partial charge in [0.1, 0.15) is 42.0 Å². The average molecular weight is 544 g/mol. The number of rotatable bonds is 8.